The van der Waals surface area contributed by atoms with E-state index >= 15 is 0 Å². The highest BCUT2D eigenvalue weighted by Gasteiger charge is 2.16. The minimum atomic E-state index is -2.64. The third-order valence-electron chi connectivity index (χ3n) is 3.12. The van der Waals surface area contributed by atoms with Crippen LogP contribution in [-0.4, -0.2) is 37.0 Å². The van der Waals surface area contributed by atoms with Crippen LogP contribution < -0.4 is 10.1 Å². The van der Waals surface area contributed by atoms with E-state index in [0.29, 0.717) is 19.0 Å². The largest absolute Gasteiger partial charge is 0.491 e. The summed E-state index contributed by atoms with van der Waals surface area (Å²) in [5.74, 6) is -2.43. The summed E-state index contributed by atoms with van der Waals surface area (Å²) in [7, 11) is 1.59. The normalized spacial score (nSPS) is 10.7. The second-order valence-corrected chi connectivity index (χ2v) is 5.88. The molecule has 0 fully saturated rings. The van der Waals surface area contributed by atoms with Crippen molar-refractivity contribution < 1.29 is 23.0 Å². The van der Waals surface area contributed by atoms with Gasteiger partial charge in [0, 0.05) is 19.9 Å². The zero-order valence-electron chi connectivity index (χ0n) is 13.6. The molecular formula is C17H18F2N2O3S. The summed E-state index contributed by atoms with van der Waals surface area (Å²) in [6.45, 7) is 1.15. The number of pyridine rings is 1. The Morgan fingerprint density at radius 2 is 2.12 bits per heavy atom. The number of carbonyl (C=O) groups is 1. The number of aromatic nitrogens is 1. The molecule has 2 rings (SSSR count). The Hall–Kier alpha value is -2.19. The van der Waals surface area contributed by atoms with Crippen LogP contribution >= 0.6 is 11.8 Å². The van der Waals surface area contributed by atoms with Crippen molar-refractivity contribution in [3.05, 3.63) is 53.7 Å². The average Bonchev–Trinajstić information content (AvgIpc) is 2.60. The van der Waals surface area contributed by atoms with Crippen LogP contribution in [0.4, 0.5) is 8.78 Å². The third-order valence-corrected chi connectivity index (χ3v) is 3.85. The molecule has 2 aromatic rings. The Morgan fingerprint density at radius 1 is 1.28 bits per heavy atom. The number of rotatable bonds is 9. The maximum atomic E-state index is 12.6. The first-order valence-electron chi connectivity index (χ1n) is 7.49. The van der Waals surface area contributed by atoms with Crippen LogP contribution in [0.15, 0.2) is 47.6 Å². The number of hydrogen-bond donors (Lipinski definition) is 1. The number of amides is 1. The minimum Gasteiger partial charge on any atom is -0.491 e. The number of carbonyl (C=O) groups excluding carboxylic acids is 1. The van der Waals surface area contributed by atoms with Crippen LogP contribution in [0.5, 0.6) is 5.75 Å². The average molecular weight is 368 g/mol. The number of ether oxygens (including phenoxy) is 2. The molecule has 8 heteroatoms. The first kappa shape index (κ1) is 19.1. The molecule has 0 atom stereocenters. The number of methoxy groups -OCH3 is 1. The fourth-order valence-corrected chi connectivity index (χ4v) is 2.59. The van der Waals surface area contributed by atoms with Crippen molar-refractivity contribution in [1.82, 2.24) is 10.3 Å². The van der Waals surface area contributed by atoms with E-state index in [0.717, 1.165) is 5.56 Å². The van der Waals surface area contributed by atoms with Crippen molar-refractivity contribution in [2.24, 2.45) is 0 Å². The molecule has 1 aromatic carbocycles. The maximum Gasteiger partial charge on any atom is 0.290 e. The monoisotopic (exact) mass is 368 g/mol. The quantitative estimate of drug-likeness (QED) is 0.543. The van der Waals surface area contributed by atoms with Gasteiger partial charge in [0.2, 0.25) is 0 Å². The lowest BCUT2D eigenvalue weighted by Crippen LogP contribution is -2.23. The summed E-state index contributed by atoms with van der Waals surface area (Å²) in [5.41, 5.74) is 0.954. The minimum absolute atomic E-state index is 0.00616. The lowest BCUT2D eigenvalue weighted by Gasteiger charge is -2.10. The number of hydrogen-bond acceptors (Lipinski definition) is 5. The van der Waals surface area contributed by atoms with E-state index in [1.165, 1.54) is 18.3 Å². The molecule has 0 unspecified atom stereocenters. The van der Waals surface area contributed by atoms with E-state index in [4.69, 9.17) is 9.47 Å². The van der Waals surface area contributed by atoms with E-state index in [2.05, 4.69) is 10.3 Å². The van der Waals surface area contributed by atoms with E-state index in [1.54, 1.807) is 19.2 Å². The smallest absolute Gasteiger partial charge is 0.290 e. The van der Waals surface area contributed by atoms with E-state index in [1.807, 2.05) is 12.1 Å². The molecule has 0 radical (unpaired) electrons. The first-order chi connectivity index (χ1) is 12.1. The molecular weight excluding hydrogens is 350 g/mol. The van der Waals surface area contributed by atoms with Crippen LogP contribution in [0.25, 0.3) is 0 Å². The van der Waals surface area contributed by atoms with Gasteiger partial charge in [-0.1, -0.05) is 12.1 Å². The molecule has 1 N–H and O–H groups in total. The van der Waals surface area contributed by atoms with Gasteiger partial charge in [-0.2, -0.15) is 8.78 Å². The summed E-state index contributed by atoms with van der Waals surface area (Å²) in [6.07, 6.45) is 1.38. The van der Waals surface area contributed by atoms with E-state index in [-0.39, 0.29) is 28.9 Å². The molecule has 0 aliphatic rings. The van der Waals surface area contributed by atoms with Crippen LogP contribution in [0.2, 0.25) is 0 Å². The Labute approximate surface area is 148 Å². The number of thioether (sulfide) groups is 1. The van der Waals surface area contributed by atoms with Crippen LogP contribution in [0.3, 0.4) is 0 Å². The summed E-state index contributed by atoms with van der Waals surface area (Å²) in [5, 5.41) is 2.71. The van der Waals surface area contributed by atoms with Gasteiger partial charge < -0.3 is 14.8 Å². The Morgan fingerprint density at radius 3 is 2.88 bits per heavy atom. The fraction of sp³-hybridized carbons (Fsp3) is 0.294. The molecule has 1 aromatic heterocycles. The topological polar surface area (TPSA) is 60.5 Å². The summed E-state index contributed by atoms with van der Waals surface area (Å²) >= 11 is 0.252. The SMILES string of the molecule is COCCOc1cccc(CNC(=O)c2cccnc2SC(F)F)c1. The van der Waals surface area contributed by atoms with Gasteiger partial charge in [-0.15, -0.1) is 0 Å². The molecule has 1 amide bonds. The van der Waals surface area contributed by atoms with Gasteiger partial charge in [-0.05, 0) is 41.6 Å². The number of nitrogens with zero attached hydrogens (tertiary/aromatic N) is 1. The van der Waals surface area contributed by atoms with Crippen molar-refractivity contribution >= 4 is 17.7 Å². The second kappa shape index (κ2) is 9.95. The number of alkyl halides is 2. The number of nitrogens with one attached hydrogen (secondary N) is 1. The molecule has 1 heterocycles. The zero-order valence-corrected chi connectivity index (χ0v) is 14.4. The van der Waals surface area contributed by atoms with Gasteiger partial charge in [0.05, 0.1) is 12.2 Å². The lowest BCUT2D eigenvalue weighted by molar-refractivity contribution is 0.0947. The molecule has 134 valence electrons. The fourth-order valence-electron chi connectivity index (χ4n) is 2.01. The lowest BCUT2D eigenvalue weighted by atomic mass is 10.2. The maximum absolute atomic E-state index is 12.6. The first-order valence-corrected chi connectivity index (χ1v) is 8.37. The predicted octanol–water partition coefficient (Wildman–Crippen LogP) is 3.35. The molecule has 0 spiro atoms. The summed E-state index contributed by atoms with van der Waals surface area (Å²) < 4.78 is 35.5. The summed E-state index contributed by atoms with van der Waals surface area (Å²) in [6, 6.07) is 10.3. The van der Waals surface area contributed by atoms with Gasteiger partial charge >= 0.3 is 0 Å². The Kier molecular flexibility index (Phi) is 7.62. The molecule has 0 saturated heterocycles. The van der Waals surface area contributed by atoms with E-state index in [9.17, 15) is 13.6 Å². The molecule has 0 saturated carbocycles. The van der Waals surface area contributed by atoms with Crippen LogP contribution in [-0.2, 0) is 11.3 Å². The number of halogens is 2. The molecule has 0 bridgehead atoms. The predicted molar refractivity (Wildman–Crippen MR) is 91.1 cm³/mol. The Bertz CT molecular complexity index is 701. The Balaban J connectivity index is 1.97. The van der Waals surface area contributed by atoms with Crippen molar-refractivity contribution in [3.63, 3.8) is 0 Å². The van der Waals surface area contributed by atoms with E-state index < -0.39 is 11.7 Å². The summed E-state index contributed by atoms with van der Waals surface area (Å²) in [4.78, 5) is 16.1. The van der Waals surface area contributed by atoms with Gasteiger partial charge in [0.25, 0.3) is 11.7 Å². The van der Waals surface area contributed by atoms with Gasteiger partial charge in [0.15, 0.2) is 0 Å². The highest BCUT2D eigenvalue weighted by atomic mass is 32.2. The molecule has 0 aliphatic carbocycles. The van der Waals surface area contributed by atoms with Crippen molar-refractivity contribution in [1.29, 1.82) is 0 Å². The van der Waals surface area contributed by atoms with Crippen molar-refractivity contribution in [2.45, 2.75) is 17.3 Å². The van der Waals surface area contributed by atoms with Gasteiger partial charge in [0.1, 0.15) is 17.4 Å². The second-order valence-electron chi connectivity index (χ2n) is 4.91. The standard InChI is InChI=1S/C17H18F2N2O3S/c1-23-8-9-24-13-5-2-4-12(10-13)11-21-15(22)14-6-3-7-20-16(14)25-17(18)19/h2-7,10,17H,8-9,11H2,1H3,(H,21,22). The van der Waals surface area contributed by atoms with Crippen molar-refractivity contribution in [2.75, 3.05) is 20.3 Å². The van der Waals surface area contributed by atoms with Gasteiger partial charge in [-0.25, -0.2) is 4.98 Å². The van der Waals surface area contributed by atoms with Gasteiger partial charge in [-0.3, -0.25) is 4.79 Å². The molecule has 25 heavy (non-hydrogen) atoms. The number of benzene rings is 1. The van der Waals surface area contributed by atoms with Crippen molar-refractivity contribution in [3.8, 4) is 5.75 Å². The molecule has 0 aliphatic heterocycles. The zero-order chi connectivity index (χ0) is 18.1. The van der Waals surface area contributed by atoms with Crippen LogP contribution in [0.1, 0.15) is 15.9 Å². The molecule has 5 nitrogen and oxygen atoms in total. The van der Waals surface area contributed by atoms with Crippen LogP contribution in [0, 0.1) is 0 Å². The highest BCUT2D eigenvalue weighted by molar-refractivity contribution is 7.99. The highest BCUT2D eigenvalue weighted by Crippen LogP contribution is 2.26. The third kappa shape index (κ3) is 6.32.